The van der Waals surface area contributed by atoms with Crippen molar-refractivity contribution in [2.24, 2.45) is 0 Å². The van der Waals surface area contributed by atoms with E-state index in [4.69, 9.17) is 12.2 Å². The SMILES string of the molecule is CCn1c(=S)[nH]c2cc(C(=O)NCc3cccc(-n4ccnc4)c3)ccc2c1=O. The van der Waals surface area contributed by atoms with E-state index in [0.717, 1.165) is 11.3 Å². The summed E-state index contributed by atoms with van der Waals surface area (Å²) in [5, 5.41) is 3.42. The van der Waals surface area contributed by atoms with E-state index in [2.05, 4.69) is 15.3 Å². The summed E-state index contributed by atoms with van der Waals surface area (Å²) in [6.45, 7) is 2.73. The smallest absolute Gasteiger partial charge is 0.262 e. The third-order valence-electron chi connectivity index (χ3n) is 4.73. The van der Waals surface area contributed by atoms with Crippen LogP contribution in [0.25, 0.3) is 16.6 Å². The van der Waals surface area contributed by atoms with Crippen LogP contribution in [0.1, 0.15) is 22.8 Å². The molecule has 0 fully saturated rings. The first-order valence-corrected chi connectivity index (χ1v) is 9.60. The van der Waals surface area contributed by atoms with Gasteiger partial charge in [0.25, 0.3) is 11.5 Å². The molecule has 0 unspecified atom stereocenters. The minimum atomic E-state index is -0.223. The Bertz CT molecular complexity index is 1300. The summed E-state index contributed by atoms with van der Waals surface area (Å²) >= 11 is 5.24. The molecule has 29 heavy (non-hydrogen) atoms. The predicted molar refractivity (Wildman–Crippen MR) is 114 cm³/mol. The molecule has 0 aliphatic heterocycles. The van der Waals surface area contributed by atoms with Gasteiger partial charge in [0.05, 0.1) is 17.2 Å². The first kappa shape index (κ1) is 18.8. The van der Waals surface area contributed by atoms with E-state index in [0.29, 0.717) is 34.3 Å². The average Bonchev–Trinajstić information content (AvgIpc) is 3.27. The molecule has 2 aromatic heterocycles. The lowest BCUT2D eigenvalue weighted by molar-refractivity contribution is 0.0951. The summed E-state index contributed by atoms with van der Waals surface area (Å²) in [5.41, 5.74) is 2.80. The second-order valence-corrected chi connectivity index (χ2v) is 6.95. The number of carbonyl (C=O) groups is 1. The highest BCUT2D eigenvalue weighted by atomic mass is 32.1. The fraction of sp³-hybridized carbons (Fsp3) is 0.143. The third-order valence-corrected chi connectivity index (χ3v) is 5.05. The van der Waals surface area contributed by atoms with Crippen LogP contribution >= 0.6 is 12.2 Å². The summed E-state index contributed by atoms with van der Waals surface area (Å²) in [6, 6.07) is 12.8. The third kappa shape index (κ3) is 3.74. The first-order chi connectivity index (χ1) is 14.1. The summed E-state index contributed by atoms with van der Waals surface area (Å²) in [4.78, 5) is 32.2. The highest BCUT2D eigenvalue weighted by Gasteiger charge is 2.10. The molecule has 4 aromatic rings. The number of aromatic nitrogens is 4. The van der Waals surface area contributed by atoms with E-state index in [1.165, 1.54) is 4.57 Å². The van der Waals surface area contributed by atoms with Crippen LogP contribution in [0.5, 0.6) is 0 Å². The molecular formula is C21H19N5O2S. The highest BCUT2D eigenvalue weighted by Crippen LogP contribution is 2.13. The standard InChI is InChI=1S/C21H19N5O2S/c1-2-26-20(28)17-7-6-15(11-18(17)24-21(26)29)19(27)23-12-14-4-3-5-16(10-14)25-9-8-22-13-25/h3-11,13H,2,12H2,1H3,(H,23,27)(H,24,29). The Morgan fingerprint density at radius 3 is 2.86 bits per heavy atom. The number of benzene rings is 2. The van der Waals surface area contributed by atoms with Crippen molar-refractivity contribution in [2.45, 2.75) is 20.0 Å². The lowest BCUT2D eigenvalue weighted by Crippen LogP contribution is -2.24. The lowest BCUT2D eigenvalue weighted by Gasteiger charge is -2.09. The summed E-state index contributed by atoms with van der Waals surface area (Å²) in [6.07, 6.45) is 5.31. The number of H-pyrrole nitrogens is 1. The molecule has 1 amide bonds. The van der Waals surface area contributed by atoms with Gasteiger partial charge in [-0.2, -0.15) is 0 Å². The number of carbonyl (C=O) groups excluding carboxylic acids is 1. The number of rotatable bonds is 5. The molecule has 0 spiro atoms. The number of fused-ring (bicyclic) bond motifs is 1. The summed E-state index contributed by atoms with van der Waals surface area (Å²) in [5.74, 6) is -0.223. The zero-order valence-electron chi connectivity index (χ0n) is 15.8. The van der Waals surface area contributed by atoms with Crippen molar-refractivity contribution in [1.29, 1.82) is 0 Å². The monoisotopic (exact) mass is 405 g/mol. The number of hydrogen-bond donors (Lipinski definition) is 2. The zero-order valence-corrected chi connectivity index (χ0v) is 16.6. The Morgan fingerprint density at radius 2 is 2.10 bits per heavy atom. The van der Waals surface area contributed by atoms with Gasteiger partial charge in [-0.3, -0.25) is 14.2 Å². The normalized spacial score (nSPS) is 10.9. The van der Waals surface area contributed by atoms with Gasteiger partial charge in [0.1, 0.15) is 0 Å². The minimum Gasteiger partial charge on any atom is -0.348 e. The maximum Gasteiger partial charge on any atom is 0.262 e. The number of nitrogens with one attached hydrogen (secondary N) is 2. The number of nitrogens with zero attached hydrogens (tertiary/aromatic N) is 3. The van der Waals surface area contributed by atoms with Crippen molar-refractivity contribution in [1.82, 2.24) is 24.4 Å². The van der Waals surface area contributed by atoms with Crippen LogP contribution in [0.3, 0.4) is 0 Å². The molecule has 0 aliphatic carbocycles. The molecule has 0 saturated heterocycles. The number of hydrogen-bond acceptors (Lipinski definition) is 4. The van der Waals surface area contributed by atoms with E-state index in [9.17, 15) is 9.59 Å². The van der Waals surface area contributed by atoms with Crippen molar-refractivity contribution < 1.29 is 4.79 Å². The Hall–Kier alpha value is -3.52. The summed E-state index contributed by atoms with van der Waals surface area (Å²) < 4.78 is 3.74. The molecule has 146 valence electrons. The molecule has 0 radical (unpaired) electrons. The van der Waals surface area contributed by atoms with Gasteiger partial charge in [0.15, 0.2) is 4.77 Å². The van der Waals surface area contributed by atoms with Crippen molar-refractivity contribution in [3.05, 3.63) is 87.4 Å². The Balaban J connectivity index is 1.55. The second-order valence-electron chi connectivity index (χ2n) is 6.56. The van der Waals surface area contributed by atoms with E-state index in [-0.39, 0.29) is 11.5 Å². The summed E-state index contributed by atoms with van der Waals surface area (Å²) in [7, 11) is 0. The quantitative estimate of drug-likeness (QED) is 0.500. The molecule has 2 aromatic carbocycles. The molecule has 0 saturated carbocycles. The van der Waals surface area contributed by atoms with E-state index in [1.54, 1.807) is 30.7 Å². The molecule has 2 heterocycles. The van der Waals surface area contributed by atoms with Gasteiger partial charge in [0, 0.05) is 36.7 Å². The van der Waals surface area contributed by atoms with Gasteiger partial charge in [0.2, 0.25) is 0 Å². The van der Waals surface area contributed by atoms with Crippen LogP contribution in [0.2, 0.25) is 0 Å². The number of imidazole rings is 1. The molecule has 0 atom stereocenters. The largest absolute Gasteiger partial charge is 0.348 e. The molecule has 2 N–H and O–H groups in total. The van der Waals surface area contributed by atoms with Crippen molar-refractivity contribution in [3.8, 4) is 5.69 Å². The van der Waals surface area contributed by atoms with Gasteiger partial charge in [-0.1, -0.05) is 12.1 Å². The van der Waals surface area contributed by atoms with E-state index >= 15 is 0 Å². The van der Waals surface area contributed by atoms with Gasteiger partial charge in [-0.15, -0.1) is 0 Å². The molecule has 7 nitrogen and oxygen atoms in total. The highest BCUT2D eigenvalue weighted by molar-refractivity contribution is 7.71. The average molecular weight is 405 g/mol. The molecule has 0 bridgehead atoms. The fourth-order valence-corrected chi connectivity index (χ4v) is 3.53. The minimum absolute atomic E-state index is 0.158. The predicted octanol–water partition coefficient (Wildman–Crippen LogP) is 3.19. The zero-order chi connectivity index (χ0) is 20.4. The second kappa shape index (κ2) is 7.84. The van der Waals surface area contributed by atoms with Gasteiger partial charge >= 0.3 is 0 Å². The van der Waals surface area contributed by atoms with Crippen molar-refractivity contribution >= 4 is 29.0 Å². The number of aromatic amines is 1. The molecular weight excluding hydrogens is 386 g/mol. The van der Waals surface area contributed by atoms with Crippen LogP contribution in [-0.2, 0) is 13.1 Å². The Morgan fingerprint density at radius 1 is 1.24 bits per heavy atom. The van der Waals surface area contributed by atoms with Crippen LogP contribution < -0.4 is 10.9 Å². The van der Waals surface area contributed by atoms with Crippen LogP contribution in [0.4, 0.5) is 0 Å². The molecule has 4 rings (SSSR count). The molecule has 0 aliphatic rings. The fourth-order valence-electron chi connectivity index (χ4n) is 3.21. The molecule has 8 heteroatoms. The van der Waals surface area contributed by atoms with E-state index in [1.807, 2.05) is 42.0 Å². The first-order valence-electron chi connectivity index (χ1n) is 9.19. The Kier molecular flexibility index (Phi) is 5.09. The van der Waals surface area contributed by atoms with Crippen molar-refractivity contribution in [3.63, 3.8) is 0 Å². The topological polar surface area (TPSA) is 84.7 Å². The number of amides is 1. The van der Waals surface area contributed by atoms with Gasteiger partial charge < -0.3 is 14.9 Å². The maximum absolute atomic E-state index is 12.6. The maximum atomic E-state index is 12.6. The van der Waals surface area contributed by atoms with Crippen LogP contribution in [-0.4, -0.2) is 25.0 Å². The van der Waals surface area contributed by atoms with Crippen molar-refractivity contribution in [2.75, 3.05) is 0 Å². The van der Waals surface area contributed by atoms with Crippen LogP contribution in [0.15, 0.2) is 66.0 Å². The lowest BCUT2D eigenvalue weighted by atomic mass is 10.1. The van der Waals surface area contributed by atoms with E-state index < -0.39 is 0 Å². The Labute approximate surface area is 171 Å². The van der Waals surface area contributed by atoms with Gasteiger partial charge in [-0.05, 0) is 55.0 Å². The van der Waals surface area contributed by atoms with Crippen LogP contribution in [0, 0.1) is 4.77 Å². The van der Waals surface area contributed by atoms with Gasteiger partial charge in [-0.25, -0.2) is 4.98 Å².